The molecule has 278 valence electrons. The molecule has 1 atom stereocenters. The molecule has 3 aromatic heterocycles. The number of H-pyrrole nitrogens is 1. The Bertz CT molecular complexity index is 1980. The van der Waals surface area contributed by atoms with E-state index in [0.717, 1.165) is 68.0 Å². The molecule has 0 saturated carbocycles. The highest BCUT2D eigenvalue weighted by Crippen LogP contribution is 2.43. The van der Waals surface area contributed by atoms with Gasteiger partial charge in [-0.2, -0.15) is 4.39 Å². The molecule has 12 nitrogen and oxygen atoms in total. The Hall–Kier alpha value is -4.78. The monoisotopic (exact) mass is 715 g/mol. The number of hydrogen-bond donors (Lipinski definition) is 3. The number of aromatic nitrogens is 4. The Morgan fingerprint density at radius 3 is 2.44 bits per heavy atom. The van der Waals surface area contributed by atoms with Gasteiger partial charge in [-0.1, -0.05) is 6.92 Å². The van der Waals surface area contributed by atoms with Crippen molar-refractivity contribution in [2.45, 2.75) is 85.3 Å². The molecule has 13 heteroatoms. The first-order valence-corrected chi connectivity index (χ1v) is 18.3. The molecular weight excluding hydrogens is 665 g/mol. The SMILES string of the molecule is Cc1cc(C(=O)Nc2nc3ccc(N4CCC5(CCN(C(=O)OC(C)(C)C)CC5)CC4)cc3n2C[C@H](C)CCCO)cc(-c2c[nH]c(F)cc2=O)n1. The maximum absolute atomic E-state index is 13.7. The number of aliphatic hydroxyl groups is 1. The van der Waals surface area contributed by atoms with Crippen molar-refractivity contribution in [2.75, 3.05) is 43.0 Å². The van der Waals surface area contributed by atoms with E-state index in [9.17, 15) is 23.9 Å². The van der Waals surface area contributed by atoms with E-state index in [1.165, 1.54) is 12.3 Å². The zero-order valence-electron chi connectivity index (χ0n) is 30.8. The summed E-state index contributed by atoms with van der Waals surface area (Å²) in [5, 5.41) is 12.5. The van der Waals surface area contributed by atoms with Crippen molar-refractivity contribution in [3.63, 3.8) is 0 Å². The Kier molecular flexibility index (Phi) is 10.7. The van der Waals surface area contributed by atoms with Crippen LogP contribution in [-0.2, 0) is 11.3 Å². The third-order valence-corrected chi connectivity index (χ3v) is 10.3. The normalized spacial score (nSPS) is 16.7. The summed E-state index contributed by atoms with van der Waals surface area (Å²) < 4.78 is 21.2. The van der Waals surface area contributed by atoms with Crippen molar-refractivity contribution >= 4 is 34.7 Å². The van der Waals surface area contributed by atoms with E-state index in [1.54, 1.807) is 13.0 Å². The minimum atomic E-state index is -0.753. The Balaban J connectivity index is 1.21. The number of piperidine rings is 2. The summed E-state index contributed by atoms with van der Waals surface area (Å²) in [6, 6.07) is 10.2. The Morgan fingerprint density at radius 1 is 1.06 bits per heavy atom. The van der Waals surface area contributed by atoms with Gasteiger partial charge in [-0.15, -0.1) is 0 Å². The van der Waals surface area contributed by atoms with Crippen molar-refractivity contribution in [3.05, 3.63) is 70.0 Å². The largest absolute Gasteiger partial charge is 0.444 e. The molecule has 2 aliphatic heterocycles. The number of aryl methyl sites for hydroxylation is 1. The van der Waals surface area contributed by atoms with Gasteiger partial charge < -0.3 is 29.2 Å². The summed E-state index contributed by atoms with van der Waals surface area (Å²) in [4.78, 5) is 54.8. The van der Waals surface area contributed by atoms with Gasteiger partial charge in [0.2, 0.25) is 5.95 Å². The van der Waals surface area contributed by atoms with Crippen molar-refractivity contribution in [2.24, 2.45) is 11.3 Å². The lowest BCUT2D eigenvalue weighted by molar-refractivity contribution is 0.00665. The number of nitrogens with one attached hydrogen (secondary N) is 2. The molecule has 5 heterocycles. The van der Waals surface area contributed by atoms with Crippen LogP contribution in [0.2, 0.25) is 0 Å². The maximum atomic E-state index is 13.7. The van der Waals surface area contributed by atoms with Crippen LogP contribution < -0.4 is 15.6 Å². The first-order chi connectivity index (χ1) is 24.7. The molecule has 3 N–H and O–H groups in total. The van der Waals surface area contributed by atoms with Gasteiger partial charge >= 0.3 is 6.09 Å². The number of pyridine rings is 2. The smallest absolute Gasteiger partial charge is 0.410 e. The fourth-order valence-corrected chi connectivity index (χ4v) is 7.42. The van der Waals surface area contributed by atoms with Gasteiger partial charge in [-0.05, 0) is 108 Å². The lowest BCUT2D eigenvalue weighted by Gasteiger charge is -2.47. The number of likely N-dealkylation sites (tertiary alicyclic amines) is 1. The van der Waals surface area contributed by atoms with Gasteiger partial charge in [0.25, 0.3) is 5.91 Å². The van der Waals surface area contributed by atoms with Crippen LogP contribution in [0.25, 0.3) is 22.3 Å². The average molecular weight is 716 g/mol. The molecule has 0 bridgehead atoms. The number of nitrogens with zero attached hydrogens (tertiary/aromatic N) is 5. The first kappa shape index (κ1) is 37.0. The van der Waals surface area contributed by atoms with Crippen molar-refractivity contribution in [1.29, 1.82) is 0 Å². The molecule has 0 unspecified atom stereocenters. The highest BCUT2D eigenvalue weighted by atomic mass is 19.1. The highest BCUT2D eigenvalue weighted by Gasteiger charge is 2.39. The number of hydrogen-bond acceptors (Lipinski definition) is 8. The lowest BCUT2D eigenvalue weighted by Crippen LogP contribution is -2.49. The second-order valence-corrected chi connectivity index (χ2v) is 15.5. The minimum absolute atomic E-state index is 0.110. The van der Waals surface area contributed by atoms with E-state index < -0.39 is 22.9 Å². The number of halogens is 1. The van der Waals surface area contributed by atoms with Crippen LogP contribution >= 0.6 is 0 Å². The topological polar surface area (TPSA) is 146 Å². The van der Waals surface area contributed by atoms with Crippen LogP contribution in [0.4, 0.5) is 20.8 Å². The number of ether oxygens (including phenoxy) is 1. The number of anilines is 2. The van der Waals surface area contributed by atoms with Crippen molar-refractivity contribution in [1.82, 2.24) is 24.4 Å². The third-order valence-electron chi connectivity index (χ3n) is 10.3. The summed E-state index contributed by atoms with van der Waals surface area (Å²) in [6.07, 6.45) is 6.54. The molecule has 0 radical (unpaired) electrons. The van der Waals surface area contributed by atoms with Crippen LogP contribution in [-0.4, -0.2) is 79.9 Å². The van der Waals surface area contributed by atoms with E-state index in [1.807, 2.05) is 36.3 Å². The van der Waals surface area contributed by atoms with Gasteiger partial charge in [0.15, 0.2) is 11.4 Å². The molecule has 2 aliphatic rings. The number of aromatic amines is 1. The van der Waals surface area contributed by atoms with Gasteiger partial charge in [0.1, 0.15) is 5.60 Å². The molecule has 1 aromatic carbocycles. The number of fused-ring (bicyclic) bond motifs is 1. The zero-order chi connectivity index (χ0) is 37.2. The molecule has 2 amide bonds. The quantitative estimate of drug-likeness (QED) is 0.166. The summed E-state index contributed by atoms with van der Waals surface area (Å²) in [5.74, 6) is -0.566. The fraction of sp³-hybridized carbons (Fsp3) is 0.513. The number of carbonyl (C=O) groups is 2. The minimum Gasteiger partial charge on any atom is -0.444 e. The Morgan fingerprint density at radius 2 is 1.77 bits per heavy atom. The highest BCUT2D eigenvalue weighted by molar-refractivity contribution is 6.04. The van der Waals surface area contributed by atoms with Crippen LogP contribution in [0.15, 0.2) is 47.4 Å². The van der Waals surface area contributed by atoms with Crippen LogP contribution in [0.5, 0.6) is 0 Å². The van der Waals surface area contributed by atoms with Gasteiger partial charge in [0, 0.05) is 68.5 Å². The number of imidazole rings is 1. The van der Waals surface area contributed by atoms with E-state index in [0.29, 0.717) is 37.7 Å². The number of carbonyl (C=O) groups excluding carboxylic acids is 2. The standard InChI is InChI=1S/C39H50FN7O5/c1-25(7-6-18-48)24-47-32-21-28(45-14-10-39(11-15-45)12-16-46(17-13-39)37(51)52-38(3,4)5)8-9-30(32)43-36(47)44-35(50)27-19-26(2)42-31(20-27)29-23-41-34(40)22-33(29)49/h8-9,19-23,25,48H,6-7,10-18,24H2,1-5H3,(H,41,49)(H,43,44,50)/t25-/m1/s1. The predicted molar refractivity (Wildman–Crippen MR) is 199 cm³/mol. The van der Waals surface area contributed by atoms with Gasteiger partial charge in [0.05, 0.1) is 22.3 Å². The first-order valence-electron chi connectivity index (χ1n) is 18.3. The predicted octanol–water partition coefficient (Wildman–Crippen LogP) is 6.51. The molecule has 2 saturated heterocycles. The molecule has 4 aromatic rings. The molecule has 2 fully saturated rings. The van der Waals surface area contributed by atoms with Crippen LogP contribution in [0, 0.1) is 24.2 Å². The van der Waals surface area contributed by atoms with E-state index in [4.69, 9.17) is 9.72 Å². The molecular formula is C39H50FN7O5. The van der Waals surface area contributed by atoms with Crippen LogP contribution in [0.3, 0.4) is 0 Å². The lowest BCUT2D eigenvalue weighted by atomic mass is 9.71. The van der Waals surface area contributed by atoms with Crippen molar-refractivity contribution in [3.8, 4) is 11.3 Å². The maximum Gasteiger partial charge on any atom is 0.410 e. The number of aliphatic hydroxyl groups excluding tert-OH is 1. The molecule has 1 spiro atoms. The molecule has 52 heavy (non-hydrogen) atoms. The van der Waals surface area contributed by atoms with E-state index in [2.05, 4.69) is 39.2 Å². The summed E-state index contributed by atoms with van der Waals surface area (Å²) in [5.41, 5.74) is 3.16. The van der Waals surface area contributed by atoms with E-state index >= 15 is 0 Å². The van der Waals surface area contributed by atoms with E-state index in [-0.39, 0.29) is 40.9 Å². The summed E-state index contributed by atoms with van der Waals surface area (Å²) in [6.45, 7) is 13.5. The molecule has 0 aliphatic carbocycles. The van der Waals surface area contributed by atoms with Gasteiger partial charge in [-0.3, -0.25) is 19.9 Å². The number of benzene rings is 1. The second-order valence-electron chi connectivity index (χ2n) is 15.5. The Labute approximate surface area is 303 Å². The fourth-order valence-electron chi connectivity index (χ4n) is 7.42. The number of rotatable bonds is 9. The zero-order valence-corrected chi connectivity index (χ0v) is 30.8. The van der Waals surface area contributed by atoms with Crippen LogP contribution in [0.1, 0.15) is 82.3 Å². The van der Waals surface area contributed by atoms with Gasteiger partial charge in [-0.25, -0.2) is 9.78 Å². The number of amides is 2. The second kappa shape index (κ2) is 15.1. The third kappa shape index (κ3) is 8.46. The summed E-state index contributed by atoms with van der Waals surface area (Å²) in [7, 11) is 0. The average Bonchev–Trinajstić information content (AvgIpc) is 3.42. The summed E-state index contributed by atoms with van der Waals surface area (Å²) >= 11 is 0. The van der Waals surface area contributed by atoms with Crippen molar-refractivity contribution < 1.29 is 23.8 Å². The molecule has 6 rings (SSSR count).